The van der Waals surface area contributed by atoms with Crippen LogP contribution in [0.5, 0.6) is 0 Å². The summed E-state index contributed by atoms with van der Waals surface area (Å²) < 4.78 is 0. The van der Waals surface area contributed by atoms with Crippen molar-refractivity contribution < 1.29 is 4.79 Å². The van der Waals surface area contributed by atoms with Gasteiger partial charge in [-0.15, -0.1) is 0 Å². The molecule has 3 heteroatoms. The van der Waals surface area contributed by atoms with Gasteiger partial charge in [-0.2, -0.15) is 0 Å². The number of carbonyl (C=O) groups excluding carboxylic acids is 1. The van der Waals surface area contributed by atoms with Crippen molar-refractivity contribution in [1.82, 2.24) is 10.6 Å². The Labute approximate surface area is 116 Å². The van der Waals surface area contributed by atoms with Crippen LogP contribution in [0.3, 0.4) is 0 Å². The highest BCUT2D eigenvalue weighted by atomic mass is 16.2. The summed E-state index contributed by atoms with van der Waals surface area (Å²) in [6.07, 6.45) is 6.00. The monoisotopic (exact) mass is 264 g/mol. The molecular weight excluding hydrogens is 236 g/mol. The van der Waals surface area contributed by atoms with E-state index in [1.807, 2.05) is 0 Å². The second-order valence-electron chi connectivity index (χ2n) is 7.71. The van der Waals surface area contributed by atoms with E-state index in [2.05, 4.69) is 31.4 Å². The molecule has 2 bridgehead atoms. The first-order valence-corrected chi connectivity index (χ1v) is 7.96. The van der Waals surface area contributed by atoms with Crippen LogP contribution in [-0.2, 0) is 4.79 Å². The molecule has 3 fully saturated rings. The first-order chi connectivity index (χ1) is 8.95. The van der Waals surface area contributed by atoms with Crippen molar-refractivity contribution >= 4 is 5.91 Å². The van der Waals surface area contributed by atoms with Gasteiger partial charge in [0.05, 0.1) is 5.92 Å². The Kier molecular flexibility index (Phi) is 3.16. The van der Waals surface area contributed by atoms with Gasteiger partial charge in [-0.3, -0.25) is 4.79 Å². The number of rotatable bonds is 2. The number of fused-ring (bicyclic) bond motifs is 2. The summed E-state index contributed by atoms with van der Waals surface area (Å²) in [4.78, 5) is 12.4. The Balaban J connectivity index is 1.66. The van der Waals surface area contributed by atoms with E-state index in [4.69, 9.17) is 0 Å². The van der Waals surface area contributed by atoms with Gasteiger partial charge >= 0.3 is 0 Å². The van der Waals surface area contributed by atoms with Crippen molar-refractivity contribution in [3.63, 3.8) is 0 Å². The number of hydrogen-bond donors (Lipinski definition) is 2. The predicted octanol–water partition coefficient (Wildman–Crippen LogP) is 2.32. The predicted molar refractivity (Wildman–Crippen MR) is 76.8 cm³/mol. The van der Waals surface area contributed by atoms with Gasteiger partial charge in [-0.05, 0) is 55.4 Å². The minimum Gasteiger partial charge on any atom is -0.353 e. The van der Waals surface area contributed by atoms with Crippen molar-refractivity contribution in [3.8, 4) is 0 Å². The largest absolute Gasteiger partial charge is 0.353 e. The molecule has 3 rings (SSSR count). The van der Waals surface area contributed by atoms with Crippen LogP contribution in [-0.4, -0.2) is 25.0 Å². The highest BCUT2D eigenvalue weighted by molar-refractivity contribution is 5.79. The lowest BCUT2D eigenvalue weighted by Crippen LogP contribution is -2.50. The summed E-state index contributed by atoms with van der Waals surface area (Å²) >= 11 is 0. The zero-order valence-electron chi connectivity index (χ0n) is 12.6. The second-order valence-corrected chi connectivity index (χ2v) is 7.71. The summed E-state index contributed by atoms with van der Waals surface area (Å²) in [6, 6.07) is 0.399. The number of nitrogens with one attached hydrogen (secondary N) is 2. The fourth-order valence-corrected chi connectivity index (χ4v) is 4.79. The van der Waals surface area contributed by atoms with Crippen LogP contribution in [0.4, 0.5) is 0 Å². The molecule has 2 saturated carbocycles. The maximum Gasteiger partial charge on any atom is 0.224 e. The number of hydrogen-bond acceptors (Lipinski definition) is 2. The summed E-state index contributed by atoms with van der Waals surface area (Å²) in [7, 11) is 0. The molecule has 2 N–H and O–H groups in total. The van der Waals surface area contributed by atoms with Gasteiger partial charge < -0.3 is 10.6 Å². The molecule has 19 heavy (non-hydrogen) atoms. The third-order valence-electron chi connectivity index (χ3n) is 6.78. The number of piperidine rings is 1. The van der Waals surface area contributed by atoms with Crippen LogP contribution in [0, 0.1) is 22.7 Å². The van der Waals surface area contributed by atoms with Gasteiger partial charge in [0.1, 0.15) is 0 Å². The molecule has 0 aromatic heterocycles. The van der Waals surface area contributed by atoms with Gasteiger partial charge in [0.15, 0.2) is 0 Å². The molecular formula is C16H28N2O. The molecule has 1 saturated heterocycles. The van der Waals surface area contributed by atoms with Crippen LogP contribution in [0.15, 0.2) is 0 Å². The molecule has 1 amide bonds. The molecule has 3 nitrogen and oxygen atoms in total. The van der Waals surface area contributed by atoms with Crippen LogP contribution in [0.25, 0.3) is 0 Å². The van der Waals surface area contributed by atoms with Crippen LogP contribution in [0.2, 0.25) is 0 Å². The third kappa shape index (κ3) is 1.93. The zero-order chi connectivity index (χ0) is 13.7. The lowest BCUT2D eigenvalue weighted by atomic mass is 9.69. The van der Waals surface area contributed by atoms with E-state index in [1.165, 1.54) is 19.3 Å². The van der Waals surface area contributed by atoms with Gasteiger partial charge in [-0.25, -0.2) is 0 Å². The standard InChI is InChI=1S/C16H28N2O/c1-15(2)12-6-7-16(15,3)13(9-12)18-14(19)11-5-4-8-17-10-11/h11-13,17H,4-10H2,1-3H3,(H,18,19). The molecule has 0 radical (unpaired) electrons. The fraction of sp³-hybridized carbons (Fsp3) is 0.938. The summed E-state index contributed by atoms with van der Waals surface area (Å²) in [5, 5.41) is 6.74. The minimum atomic E-state index is 0.194. The molecule has 2 aliphatic carbocycles. The minimum absolute atomic E-state index is 0.194. The van der Waals surface area contributed by atoms with Crippen molar-refractivity contribution in [2.75, 3.05) is 13.1 Å². The lowest BCUT2D eigenvalue weighted by Gasteiger charge is -2.40. The third-order valence-corrected chi connectivity index (χ3v) is 6.78. The Bertz CT molecular complexity index is 373. The van der Waals surface area contributed by atoms with Gasteiger partial charge in [0, 0.05) is 12.6 Å². The summed E-state index contributed by atoms with van der Waals surface area (Å²) in [6.45, 7) is 9.13. The van der Waals surface area contributed by atoms with Crippen molar-refractivity contribution in [3.05, 3.63) is 0 Å². The lowest BCUT2D eigenvalue weighted by molar-refractivity contribution is -0.127. The average molecular weight is 264 g/mol. The van der Waals surface area contributed by atoms with Crippen molar-refractivity contribution in [1.29, 1.82) is 0 Å². The zero-order valence-corrected chi connectivity index (χ0v) is 12.6. The quantitative estimate of drug-likeness (QED) is 0.803. The Morgan fingerprint density at radius 1 is 1.26 bits per heavy atom. The molecule has 1 aliphatic heterocycles. The Morgan fingerprint density at radius 2 is 2.05 bits per heavy atom. The van der Waals surface area contributed by atoms with Gasteiger partial charge in [0.2, 0.25) is 5.91 Å². The first-order valence-electron chi connectivity index (χ1n) is 7.96. The molecule has 1 heterocycles. The molecule has 4 unspecified atom stereocenters. The van der Waals surface area contributed by atoms with Gasteiger partial charge in [-0.1, -0.05) is 20.8 Å². The smallest absolute Gasteiger partial charge is 0.224 e. The second kappa shape index (κ2) is 4.47. The molecule has 0 aromatic carbocycles. The first kappa shape index (κ1) is 13.4. The van der Waals surface area contributed by atoms with E-state index in [-0.39, 0.29) is 5.92 Å². The van der Waals surface area contributed by atoms with Crippen LogP contribution >= 0.6 is 0 Å². The average Bonchev–Trinajstić information content (AvgIpc) is 2.73. The maximum atomic E-state index is 12.4. The van der Waals surface area contributed by atoms with E-state index >= 15 is 0 Å². The molecule has 0 aromatic rings. The van der Waals surface area contributed by atoms with E-state index in [0.717, 1.165) is 31.8 Å². The molecule has 3 aliphatic rings. The highest BCUT2D eigenvalue weighted by Crippen LogP contribution is 2.65. The van der Waals surface area contributed by atoms with Crippen molar-refractivity contribution in [2.24, 2.45) is 22.7 Å². The van der Waals surface area contributed by atoms with Crippen molar-refractivity contribution in [2.45, 2.75) is 58.9 Å². The summed E-state index contributed by atoms with van der Waals surface area (Å²) in [5.41, 5.74) is 0.686. The van der Waals surface area contributed by atoms with E-state index in [9.17, 15) is 4.79 Å². The number of carbonyl (C=O) groups is 1. The SMILES string of the molecule is CC1(C)C2CCC1(C)C(NC(=O)C1CCCNC1)C2. The van der Waals surface area contributed by atoms with E-state index in [0.29, 0.717) is 22.8 Å². The van der Waals surface area contributed by atoms with Gasteiger partial charge in [0.25, 0.3) is 0 Å². The Hall–Kier alpha value is -0.570. The topological polar surface area (TPSA) is 41.1 Å². The maximum absolute atomic E-state index is 12.4. The number of amides is 1. The Morgan fingerprint density at radius 3 is 2.58 bits per heavy atom. The fourth-order valence-electron chi connectivity index (χ4n) is 4.79. The van der Waals surface area contributed by atoms with Crippen LogP contribution in [0.1, 0.15) is 52.9 Å². The van der Waals surface area contributed by atoms with Crippen LogP contribution < -0.4 is 10.6 Å². The van der Waals surface area contributed by atoms with E-state index in [1.54, 1.807) is 0 Å². The summed E-state index contributed by atoms with van der Waals surface area (Å²) in [5.74, 6) is 1.29. The molecule has 4 atom stereocenters. The normalized spacial score (nSPS) is 44.3. The molecule has 0 spiro atoms. The highest BCUT2D eigenvalue weighted by Gasteiger charge is 2.61. The molecule has 108 valence electrons. The van der Waals surface area contributed by atoms with E-state index < -0.39 is 0 Å².